The minimum Gasteiger partial charge on any atom is -0.480 e. The molecule has 0 aliphatic carbocycles. The van der Waals surface area contributed by atoms with E-state index in [1.807, 2.05) is 0 Å². The maximum atomic E-state index is 11.6. The first-order valence-corrected chi connectivity index (χ1v) is 8.40. The number of carboxylic acid groups (broad SMARTS) is 1. The highest BCUT2D eigenvalue weighted by Crippen LogP contribution is 2.36. The van der Waals surface area contributed by atoms with Crippen molar-refractivity contribution in [2.45, 2.75) is 26.3 Å². The second kappa shape index (κ2) is 7.99. The number of carboxylic acids is 1. The SMILES string of the molecule is COC(=O)N(OC(=O)C(C)C)C(CCP(C)(=O)O)C(=O)O. The molecule has 0 aromatic heterocycles. The molecule has 2 atom stereocenters. The van der Waals surface area contributed by atoms with Crippen LogP contribution in [0.15, 0.2) is 0 Å². The highest BCUT2D eigenvalue weighted by molar-refractivity contribution is 7.57. The highest BCUT2D eigenvalue weighted by Gasteiger charge is 2.35. The Balaban J connectivity index is 5.20. The van der Waals surface area contributed by atoms with E-state index in [9.17, 15) is 23.8 Å². The van der Waals surface area contributed by atoms with E-state index in [1.165, 1.54) is 13.8 Å². The van der Waals surface area contributed by atoms with Gasteiger partial charge >= 0.3 is 18.0 Å². The lowest BCUT2D eigenvalue weighted by molar-refractivity contribution is -0.198. The summed E-state index contributed by atoms with van der Waals surface area (Å²) in [5.74, 6) is -2.90. The molecule has 0 fully saturated rings. The van der Waals surface area contributed by atoms with Gasteiger partial charge in [0.15, 0.2) is 13.4 Å². The quantitative estimate of drug-likeness (QED) is 0.544. The number of methoxy groups -OCH3 is 1. The number of ether oxygens (including phenoxy) is 1. The molecular formula is C11H20NO8P. The summed E-state index contributed by atoms with van der Waals surface area (Å²) >= 11 is 0. The van der Waals surface area contributed by atoms with Crippen LogP contribution in [0.5, 0.6) is 0 Å². The van der Waals surface area contributed by atoms with Crippen LogP contribution in [-0.4, -0.2) is 59.1 Å². The number of carbonyl (C=O) groups excluding carboxylic acids is 2. The zero-order valence-corrected chi connectivity index (χ0v) is 13.2. The Morgan fingerprint density at radius 3 is 2.14 bits per heavy atom. The van der Waals surface area contributed by atoms with Gasteiger partial charge in [0.25, 0.3) is 0 Å². The van der Waals surface area contributed by atoms with Crippen LogP contribution in [0, 0.1) is 5.92 Å². The monoisotopic (exact) mass is 325 g/mol. The number of carbonyl (C=O) groups is 3. The molecule has 0 saturated heterocycles. The summed E-state index contributed by atoms with van der Waals surface area (Å²) in [6.07, 6.45) is -1.89. The molecule has 10 heteroatoms. The standard InChI is InChI=1S/C11H20NO8P/c1-7(2)10(15)20-12(11(16)19-3)8(9(13)14)5-6-21(4,17)18/h7-8H,5-6H2,1-4H3,(H,13,14)(H,17,18). The average Bonchev–Trinajstić information content (AvgIpc) is 2.34. The molecule has 0 spiro atoms. The summed E-state index contributed by atoms with van der Waals surface area (Å²) in [7, 11) is -2.48. The van der Waals surface area contributed by atoms with E-state index in [-0.39, 0.29) is 17.6 Å². The minimum atomic E-state index is -3.47. The second-order valence-corrected chi connectivity index (χ2v) is 7.33. The van der Waals surface area contributed by atoms with Crippen LogP contribution in [0.3, 0.4) is 0 Å². The Morgan fingerprint density at radius 1 is 1.29 bits per heavy atom. The fourth-order valence-corrected chi connectivity index (χ4v) is 1.95. The molecule has 122 valence electrons. The molecular weight excluding hydrogens is 305 g/mol. The number of hydrogen-bond donors (Lipinski definition) is 2. The molecule has 2 unspecified atom stereocenters. The summed E-state index contributed by atoms with van der Waals surface area (Å²) in [6.45, 7) is 4.07. The molecule has 0 aliphatic rings. The third-order valence-corrected chi connectivity index (χ3v) is 3.49. The van der Waals surface area contributed by atoms with Crippen molar-refractivity contribution < 1.29 is 38.5 Å². The summed E-state index contributed by atoms with van der Waals surface area (Å²) < 4.78 is 15.6. The molecule has 0 radical (unpaired) electrons. The molecule has 0 aliphatic heterocycles. The lowest BCUT2D eigenvalue weighted by atomic mass is 10.2. The van der Waals surface area contributed by atoms with Gasteiger partial charge in [-0.1, -0.05) is 13.8 Å². The first kappa shape index (κ1) is 19.4. The molecule has 0 rings (SSSR count). The van der Waals surface area contributed by atoms with Gasteiger partial charge in [0.05, 0.1) is 13.0 Å². The zero-order valence-electron chi connectivity index (χ0n) is 12.3. The van der Waals surface area contributed by atoms with Crippen molar-refractivity contribution in [3.63, 3.8) is 0 Å². The lowest BCUT2D eigenvalue weighted by Crippen LogP contribution is -2.47. The van der Waals surface area contributed by atoms with Gasteiger partial charge in [0.1, 0.15) is 0 Å². The third-order valence-electron chi connectivity index (χ3n) is 2.40. The van der Waals surface area contributed by atoms with Crippen molar-refractivity contribution in [2.24, 2.45) is 5.92 Å². The van der Waals surface area contributed by atoms with Crippen LogP contribution in [0.25, 0.3) is 0 Å². The molecule has 1 amide bonds. The van der Waals surface area contributed by atoms with Gasteiger partial charge in [-0.2, -0.15) is 0 Å². The van der Waals surface area contributed by atoms with E-state index in [2.05, 4.69) is 4.74 Å². The molecule has 21 heavy (non-hydrogen) atoms. The van der Waals surface area contributed by atoms with Crippen LogP contribution in [0.2, 0.25) is 0 Å². The van der Waals surface area contributed by atoms with Crippen molar-refractivity contribution >= 4 is 25.4 Å². The average molecular weight is 325 g/mol. The first-order valence-electron chi connectivity index (χ1n) is 6.10. The normalized spacial score (nSPS) is 15.0. The maximum Gasteiger partial charge on any atom is 0.443 e. The summed E-state index contributed by atoms with van der Waals surface area (Å²) in [6, 6.07) is -1.61. The number of aliphatic carboxylic acids is 1. The van der Waals surface area contributed by atoms with E-state index in [1.54, 1.807) is 0 Å². The fraction of sp³-hybridized carbons (Fsp3) is 0.727. The van der Waals surface area contributed by atoms with Crippen LogP contribution in [0.4, 0.5) is 4.79 Å². The fourth-order valence-electron chi connectivity index (χ4n) is 1.22. The van der Waals surface area contributed by atoms with Gasteiger partial charge in [0.2, 0.25) is 0 Å². The third kappa shape index (κ3) is 7.10. The van der Waals surface area contributed by atoms with Crippen LogP contribution < -0.4 is 0 Å². The Labute approximate surface area is 122 Å². The predicted octanol–water partition coefficient (Wildman–Crippen LogP) is 0.912. The number of nitrogens with zero attached hydrogens (tertiary/aromatic N) is 1. The van der Waals surface area contributed by atoms with Crippen molar-refractivity contribution in [1.82, 2.24) is 5.06 Å². The molecule has 0 aromatic rings. The largest absolute Gasteiger partial charge is 0.480 e. The number of hydrogen-bond acceptors (Lipinski definition) is 6. The molecule has 0 aromatic carbocycles. The van der Waals surface area contributed by atoms with E-state index < -0.39 is 37.4 Å². The molecule has 9 nitrogen and oxygen atoms in total. The molecule has 0 heterocycles. The highest BCUT2D eigenvalue weighted by atomic mass is 31.2. The zero-order chi connectivity index (χ0) is 16.8. The van der Waals surface area contributed by atoms with Gasteiger partial charge < -0.3 is 19.6 Å². The van der Waals surface area contributed by atoms with Gasteiger partial charge in [0, 0.05) is 12.8 Å². The van der Waals surface area contributed by atoms with Crippen molar-refractivity contribution in [1.29, 1.82) is 0 Å². The Kier molecular flexibility index (Phi) is 7.38. The van der Waals surface area contributed by atoms with E-state index >= 15 is 0 Å². The van der Waals surface area contributed by atoms with Crippen LogP contribution >= 0.6 is 7.37 Å². The Morgan fingerprint density at radius 2 is 1.81 bits per heavy atom. The van der Waals surface area contributed by atoms with Crippen LogP contribution in [-0.2, 0) is 23.7 Å². The Hall–Kier alpha value is -1.60. The Bertz CT molecular complexity index is 444. The topological polar surface area (TPSA) is 130 Å². The summed E-state index contributed by atoms with van der Waals surface area (Å²) in [5.41, 5.74) is 0. The minimum absolute atomic E-state index is 0.278. The first-order chi connectivity index (χ1) is 9.49. The lowest BCUT2D eigenvalue weighted by Gasteiger charge is -2.26. The van der Waals surface area contributed by atoms with Crippen molar-refractivity contribution in [3.05, 3.63) is 0 Å². The number of rotatable bonds is 6. The van der Waals surface area contributed by atoms with Crippen LogP contribution in [0.1, 0.15) is 20.3 Å². The number of amides is 1. The van der Waals surface area contributed by atoms with Gasteiger partial charge in [-0.3, -0.25) is 4.57 Å². The van der Waals surface area contributed by atoms with E-state index in [0.29, 0.717) is 0 Å². The van der Waals surface area contributed by atoms with Crippen molar-refractivity contribution in [3.8, 4) is 0 Å². The molecule has 2 N–H and O–H groups in total. The summed E-state index contributed by atoms with van der Waals surface area (Å²) in [5, 5.41) is 9.40. The van der Waals surface area contributed by atoms with Gasteiger partial charge in [-0.15, -0.1) is 5.06 Å². The van der Waals surface area contributed by atoms with Gasteiger partial charge in [-0.25, -0.2) is 14.4 Å². The van der Waals surface area contributed by atoms with E-state index in [4.69, 9.17) is 9.94 Å². The van der Waals surface area contributed by atoms with Gasteiger partial charge in [-0.05, 0) is 6.42 Å². The smallest absolute Gasteiger partial charge is 0.443 e. The van der Waals surface area contributed by atoms with Crippen molar-refractivity contribution in [2.75, 3.05) is 19.9 Å². The molecule has 0 saturated carbocycles. The molecule has 0 bridgehead atoms. The number of hydroxylamine groups is 2. The maximum absolute atomic E-state index is 11.6. The summed E-state index contributed by atoms with van der Waals surface area (Å²) in [4.78, 5) is 48.3. The van der Waals surface area contributed by atoms with E-state index in [0.717, 1.165) is 13.8 Å². The predicted molar refractivity (Wildman–Crippen MR) is 71.8 cm³/mol. The second-order valence-electron chi connectivity index (χ2n) is 4.78.